The molecule has 0 radical (unpaired) electrons. The molecule has 18 heavy (non-hydrogen) atoms. The second-order valence-corrected chi connectivity index (χ2v) is 4.88. The maximum absolute atomic E-state index is 12.4. The van der Waals surface area contributed by atoms with Gasteiger partial charge >= 0.3 is 0 Å². The van der Waals surface area contributed by atoms with Gasteiger partial charge in [0.15, 0.2) is 0 Å². The SMILES string of the molecule is CCc1ccccc1C(=O)N1CCC(=O)C(C)C1. The number of aryl methyl sites for hydroxylation is 1. The number of likely N-dealkylation sites (tertiary alicyclic amines) is 1. The van der Waals surface area contributed by atoms with Crippen molar-refractivity contribution in [3.63, 3.8) is 0 Å². The minimum absolute atomic E-state index is 0.0310. The molecule has 1 aliphatic rings. The Morgan fingerprint density at radius 1 is 1.39 bits per heavy atom. The molecule has 3 nitrogen and oxygen atoms in total. The van der Waals surface area contributed by atoms with E-state index >= 15 is 0 Å². The maximum atomic E-state index is 12.4. The Kier molecular flexibility index (Phi) is 3.80. The normalized spacial score (nSPS) is 20.0. The Hall–Kier alpha value is -1.64. The summed E-state index contributed by atoms with van der Waals surface area (Å²) in [4.78, 5) is 25.7. The molecule has 96 valence electrons. The number of hydrogen-bond donors (Lipinski definition) is 0. The molecule has 0 N–H and O–H groups in total. The average Bonchev–Trinajstić information content (AvgIpc) is 2.41. The number of nitrogens with zero attached hydrogens (tertiary/aromatic N) is 1. The minimum Gasteiger partial charge on any atom is -0.337 e. The Labute approximate surface area is 108 Å². The van der Waals surface area contributed by atoms with E-state index in [1.807, 2.05) is 31.2 Å². The van der Waals surface area contributed by atoms with Crippen molar-refractivity contribution in [2.24, 2.45) is 5.92 Å². The van der Waals surface area contributed by atoms with Gasteiger partial charge in [0.1, 0.15) is 5.78 Å². The highest BCUT2D eigenvalue weighted by Crippen LogP contribution is 2.18. The van der Waals surface area contributed by atoms with E-state index in [9.17, 15) is 9.59 Å². The van der Waals surface area contributed by atoms with Crippen LogP contribution < -0.4 is 0 Å². The van der Waals surface area contributed by atoms with Gasteiger partial charge in [-0.25, -0.2) is 0 Å². The van der Waals surface area contributed by atoms with Crippen LogP contribution in [0.1, 0.15) is 36.2 Å². The number of Topliss-reactive ketones (excluding diaryl/α,β-unsaturated/α-hetero) is 1. The van der Waals surface area contributed by atoms with Crippen LogP contribution in [0.3, 0.4) is 0 Å². The van der Waals surface area contributed by atoms with E-state index in [0.29, 0.717) is 19.5 Å². The number of piperidine rings is 1. The lowest BCUT2D eigenvalue weighted by Gasteiger charge is -2.30. The molecule has 2 rings (SSSR count). The molecule has 1 saturated heterocycles. The van der Waals surface area contributed by atoms with Gasteiger partial charge in [-0.2, -0.15) is 0 Å². The highest BCUT2D eigenvalue weighted by Gasteiger charge is 2.27. The van der Waals surface area contributed by atoms with E-state index in [1.165, 1.54) is 0 Å². The summed E-state index contributed by atoms with van der Waals surface area (Å²) in [6, 6.07) is 7.72. The Balaban J connectivity index is 2.19. The van der Waals surface area contributed by atoms with Crippen LogP contribution >= 0.6 is 0 Å². The first-order valence-corrected chi connectivity index (χ1v) is 6.53. The highest BCUT2D eigenvalue weighted by molar-refractivity contribution is 5.97. The van der Waals surface area contributed by atoms with Crippen molar-refractivity contribution in [1.82, 2.24) is 4.90 Å². The fourth-order valence-corrected chi connectivity index (χ4v) is 2.41. The lowest BCUT2D eigenvalue weighted by Crippen LogP contribution is -2.43. The van der Waals surface area contributed by atoms with E-state index in [2.05, 4.69) is 6.92 Å². The van der Waals surface area contributed by atoms with Crippen LogP contribution in [0.4, 0.5) is 0 Å². The first kappa shape index (κ1) is 12.8. The number of ketones is 1. The van der Waals surface area contributed by atoms with E-state index in [4.69, 9.17) is 0 Å². The summed E-state index contributed by atoms with van der Waals surface area (Å²) >= 11 is 0. The van der Waals surface area contributed by atoms with Crippen LogP contribution in [0.2, 0.25) is 0 Å². The number of benzene rings is 1. The molecular weight excluding hydrogens is 226 g/mol. The first-order chi connectivity index (χ1) is 8.63. The van der Waals surface area contributed by atoms with Gasteiger partial charge in [0.05, 0.1) is 0 Å². The highest BCUT2D eigenvalue weighted by atomic mass is 16.2. The predicted molar refractivity (Wildman–Crippen MR) is 70.5 cm³/mol. The Morgan fingerprint density at radius 2 is 2.11 bits per heavy atom. The second kappa shape index (κ2) is 5.34. The summed E-state index contributed by atoms with van der Waals surface area (Å²) in [5.41, 5.74) is 1.86. The number of carbonyl (C=O) groups is 2. The fourth-order valence-electron chi connectivity index (χ4n) is 2.41. The molecule has 1 aliphatic heterocycles. The molecule has 0 bridgehead atoms. The van der Waals surface area contributed by atoms with Crippen molar-refractivity contribution in [1.29, 1.82) is 0 Å². The monoisotopic (exact) mass is 245 g/mol. The van der Waals surface area contributed by atoms with Gasteiger partial charge in [0, 0.05) is 31.0 Å². The van der Waals surface area contributed by atoms with Crippen LogP contribution in [0.15, 0.2) is 24.3 Å². The van der Waals surface area contributed by atoms with Crippen molar-refractivity contribution >= 4 is 11.7 Å². The topological polar surface area (TPSA) is 37.4 Å². The van der Waals surface area contributed by atoms with Crippen molar-refractivity contribution < 1.29 is 9.59 Å². The van der Waals surface area contributed by atoms with Crippen LogP contribution in [-0.4, -0.2) is 29.7 Å². The van der Waals surface area contributed by atoms with Gasteiger partial charge in [-0.05, 0) is 18.1 Å². The van der Waals surface area contributed by atoms with Crippen LogP contribution in [0.5, 0.6) is 0 Å². The number of hydrogen-bond acceptors (Lipinski definition) is 2. The zero-order valence-corrected chi connectivity index (χ0v) is 11.0. The van der Waals surface area contributed by atoms with Gasteiger partial charge in [-0.3, -0.25) is 9.59 Å². The van der Waals surface area contributed by atoms with Crippen LogP contribution in [-0.2, 0) is 11.2 Å². The summed E-state index contributed by atoms with van der Waals surface area (Å²) in [6.07, 6.45) is 1.34. The quantitative estimate of drug-likeness (QED) is 0.801. The van der Waals surface area contributed by atoms with E-state index in [-0.39, 0.29) is 17.6 Å². The van der Waals surface area contributed by atoms with E-state index < -0.39 is 0 Å². The molecule has 1 amide bonds. The first-order valence-electron chi connectivity index (χ1n) is 6.53. The lowest BCUT2D eigenvalue weighted by atomic mass is 9.97. The largest absolute Gasteiger partial charge is 0.337 e. The predicted octanol–water partition coefficient (Wildman–Crippen LogP) is 2.30. The minimum atomic E-state index is -0.0310. The van der Waals surface area contributed by atoms with Crippen LogP contribution in [0.25, 0.3) is 0 Å². The maximum Gasteiger partial charge on any atom is 0.254 e. The van der Waals surface area contributed by atoms with Crippen molar-refractivity contribution in [2.45, 2.75) is 26.7 Å². The van der Waals surface area contributed by atoms with Gasteiger partial charge in [-0.15, -0.1) is 0 Å². The molecular formula is C15H19NO2. The Morgan fingerprint density at radius 3 is 2.78 bits per heavy atom. The van der Waals surface area contributed by atoms with Gasteiger partial charge in [-0.1, -0.05) is 32.0 Å². The Bertz CT molecular complexity index is 467. The molecule has 1 atom stereocenters. The van der Waals surface area contributed by atoms with E-state index in [0.717, 1.165) is 17.5 Å². The molecule has 0 spiro atoms. The molecule has 3 heteroatoms. The van der Waals surface area contributed by atoms with Crippen LogP contribution in [0, 0.1) is 5.92 Å². The molecule has 1 fully saturated rings. The summed E-state index contributed by atoms with van der Waals surface area (Å²) in [6.45, 7) is 5.05. The van der Waals surface area contributed by atoms with E-state index in [1.54, 1.807) is 4.90 Å². The third-order valence-corrected chi connectivity index (χ3v) is 3.59. The molecule has 1 aromatic rings. The summed E-state index contributed by atoms with van der Waals surface area (Å²) in [7, 11) is 0. The van der Waals surface area contributed by atoms with Gasteiger partial charge < -0.3 is 4.90 Å². The number of rotatable bonds is 2. The summed E-state index contributed by atoms with van der Waals surface area (Å²) < 4.78 is 0. The zero-order valence-electron chi connectivity index (χ0n) is 11.0. The molecule has 1 heterocycles. The third-order valence-electron chi connectivity index (χ3n) is 3.59. The van der Waals surface area contributed by atoms with Gasteiger partial charge in [0.2, 0.25) is 0 Å². The fraction of sp³-hybridized carbons (Fsp3) is 0.467. The zero-order chi connectivity index (χ0) is 13.1. The third kappa shape index (κ3) is 2.45. The second-order valence-electron chi connectivity index (χ2n) is 4.88. The number of carbonyl (C=O) groups excluding carboxylic acids is 2. The van der Waals surface area contributed by atoms with Gasteiger partial charge in [0.25, 0.3) is 5.91 Å². The molecule has 1 aromatic carbocycles. The molecule has 0 aliphatic carbocycles. The summed E-state index contributed by atoms with van der Waals surface area (Å²) in [5, 5.41) is 0. The number of amides is 1. The average molecular weight is 245 g/mol. The smallest absolute Gasteiger partial charge is 0.254 e. The summed E-state index contributed by atoms with van der Waals surface area (Å²) in [5.74, 6) is 0.297. The van der Waals surface area contributed by atoms with Crippen molar-refractivity contribution in [2.75, 3.05) is 13.1 Å². The molecule has 1 unspecified atom stereocenters. The standard InChI is InChI=1S/C15H19NO2/c1-3-12-6-4-5-7-13(12)15(18)16-9-8-14(17)11(2)10-16/h4-7,11H,3,8-10H2,1-2H3. The lowest BCUT2D eigenvalue weighted by molar-refractivity contribution is -0.124. The molecule has 0 aromatic heterocycles. The van der Waals surface area contributed by atoms with Crippen molar-refractivity contribution in [3.05, 3.63) is 35.4 Å². The van der Waals surface area contributed by atoms with Crippen molar-refractivity contribution in [3.8, 4) is 0 Å². The molecule has 0 saturated carbocycles.